The van der Waals surface area contributed by atoms with Gasteiger partial charge in [-0.25, -0.2) is 23.7 Å². The first kappa shape index (κ1) is 31.5. The standard InChI is InChI=1S/C38H37F2N7O3/c1-3-26-28(39)5-4-21-13-25(48)14-27(29(21)26)32-31(40)33-30(35(45-32)49-2)34(44-20-43-33)38-7-6-24(47(38)11-10-41)15-42-36(38)50-19-37(8-9-37)18-46-16-22-12-23(22)17-46/h1,4-5,13-14,20,22-24,36,42,48H,6-9,11-12,15-19H2,2H3. The SMILES string of the molecule is C#Cc1c(F)ccc2cc(O)cc(-c3nc(OC)c4c(C56CCC(CNC5OCC5(CN7CC8CC8C7)CC5)N6CC#N)ncnc4c3F)c12. The Morgan fingerprint density at radius 2 is 1.96 bits per heavy atom. The lowest BCUT2D eigenvalue weighted by atomic mass is 9.86. The number of terminal acetylenes is 1. The summed E-state index contributed by atoms with van der Waals surface area (Å²) < 4.78 is 44.7. The number of nitriles is 1. The molecule has 0 amide bonds. The van der Waals surface area contributed by atoms with Crippen LogP contribution in [0.4, 0.5) is 8.78 Å². The summed E-state index contributed by atoms with van der Waals surface area (Å²) in [7, 11) is 1.43. The van der Waals surface area contributed by atoms with Gasteiger partial charge in [-0.1, -0.05) is 12.0 Å². The van der Waals surface area contributed by atoms with Crippen LogP contribution in [0.1, 0.15) is 43.4 Å². The van der Waals surface area contributed by atoms with Crippen LogP contribution >= 0.6 is 0 Å². The summed E-state index contributed by atoms with van der Waals surface area (Å²) >= 11 is 0. The average Bonchev–Trinajstić information content (AvgIpc) is 4.00. The molecule has 5 fully saturated rings. The Balaban J connectivity index is 1.17. The fraction of sp³-hybridized carbons (Fsp3) is 0.474. The van der Waals surface area contributed by atoms with Crippen molar-refractivity contribution in [2.24, 2.45) is 17.3 Å². The summed E-state index contributed by atoms with van der Waals surface area (Å²) in [6.07, 6.45) is 11.5. The van der Waals surface area contributed by atoms with Crippen molar-refractivity contribution in [1.29, 1.82) is 5.26 Å². The number of hydrogen-bond acceptors (Lipinski definition) is 10. The molecule has 50 heavy (non-hydrogen) atoms. The van der Waals surface area contributed by atoms with Crippen molar-refractivity contribution < 1.29 is 23.4 Å². The van der Waals surface area contributed by atoms with E-state index >= 15 is 4.39 Å². The lowest BCUT2D eigenvalue weighted by Gasteiger charge is -2.49. The number of fused-ring (bicyclic) bond motifs is 5. The van der Waals surface area contributed by atoms with Gasteiger partial charge in [0.1, 0.15) is 40.9 Å². The molecule has 12 heteroatoms. The van der Waals surface area contributed by atoms with Gasteiger partial charge in [0.2, 0.25) is 5.88 Å². The first-order valence-corrected chi connectivity index (χ1v) is 17.3. The van der Waals surface area contributed by atoms with E-state index in [1.165, 1.54) is 57.2 Å². The molecule has 5 atom stereocenters. The average molecular weight is 678 g/mol. The topological polar surface area (TPSA) is 120 Å². The highest BCUT2D eigenvalue weighted by atomic mass is 19.1. The predicted octanol–water partition coefficient (Wildman–Crippen LogP) is 4.68. The van der Waals surface area contributed by atoms with Crippen molar-refractivity contribution in [3.63, 3.8) is 0 Å². The maximum atomic E-state index is 17.0. The highest BCUT2D eigenvalue weighted by Crippen LogP contribution is 2.54. The van der Waals surface area contributed by atoms with Crippen LogP contribution in [0.2, 0.25) is 0 Å². The molecule has 2 aromatic heterocycles. The minimum Gasteiger partial charge on any atom is -0.508 e. The Labute approximate surface area is 288 Å². The summed E-state index contributed by atoms with van der Waals surface area (Å²) in [6.45, 7) is 4.73. The van der Waals surface area contributed by atoms with Crippen LogP contribution in [-0.2, 0) is 10.3 Å². The Kier molecular flexibility index (Phi) is 7.27. The van der Waals surface area contributed by atoms with Crippen molar-refractivity contribution in [1.82, 2.24) is 30.1 Å². The number of rotatable bonds is 9. The van der Waals surface area contributed by atoms with Gasteiger partial charge in [-0.15, -0.1) is 6.42 Å². The third kappa shape index (κ3) is 4.77. The first-order chi connectivity index (χ1) is 24.3. The van der Waals surface area contributed by atoms with Gasteiger partial charge in [0.05, 0.1) is 43.0 Å². The number of phenols is 1. The van der Waals surface area contributed by atoms with E-state index in [2.05, 4.69) is 37.1 Å². The normalized spacial score (nSPS) is 28.0. The Morgan fingerprint density at radius 3 is 2.70 bits per heavy atom. The van der Waals surface area contributed by atoms with Crippen molar-refractivity contribution in [2.75, 3.05) is 46.4 Å². The molecule has 5 unspecified atom stereocenters. The molecular weight excluding hydrogens is 640 g/mol. The number of piperidine rings is 1. The summed E-state index contributed by atoms with van der Waals surface area (Å²) in [6, 6.07) is 7.83. The third-order valence-electron chi connectivity index (χ3n) is 11.9. The molecule has 2 saturated carbocycles. The number of aromatic hydroxyl groups is 1. The lowest BCUT2D eigenvalue weighted by Crippen LogP contribution is -2.65. The van der Waals surface area contributed by atoms with E-state index in [0.717, 1.165) is 37.6 Å². The second-order valence-electron chi connectivity index (χ2n) is 14.8. The number of piperazine rings is 1. The van der Waals surface area contributed by atoms with Gasteiger partial charge in [0, 0.05) is 48.6 Å². The van der Waals surface area contributed by atoms with E-state index in [-0.39, 0.29) is 62.7 Å². The minimum atomic E-state index is -0.939. The van der Waals surface area contributed by atoms with Gasteiger partial charge in [-0.05, 0) is 67.5 Å². The molecule has 2 bridgehead atoms. The molecule has 2 N–H and O–H groups in total. The van der Waals surface area contributed by atoms with Gasteiger partial charge in [-0.3, -0.25) is 10.2 Å². The third-order valence-corrected chi connectivity index (χ3v) is 11.9. The molecule has 2 aliphatic carbocycles. The number of nitrogens with one attached hydrogen (secondary N) is 1. The second-order valence-corrected chi connectivity index (χ2v) is 14.8. The molecule has 10 nitrogen and oxygen atoms in total. The summed E-state index contributed by atoms with van der Waals surface area (Å²) in [5, 5.41) is 25.2. The molecule has 0 spiro atoms. The van der Waals surface area contributed by atoms with E-state index in [0.29, 0.717) is 30.7 Å². The molecule has 3 saturated heterocycles. The Bertz CT molecular complexity index is 2140. The molecule has 4 aromatic rings. The number of hydrogen-bond donors (Lipinski definition) is 2. The number of methoxy groups -OCH3 is 1. The van der Waals surface area contributed by atoms with E-state index in [1.54, 1.807) is 0 Å². The maximum Gasteiger partial charge on any atom is 0.225 e. The largest absolute Gasteiger partial charge is 0.508 e. The van der Waals surface area contributed by atoms with Crippen LogP contribution in [0.15, 0.2) is 30.6 Å². The molecule has 5 heterocycles. The molecule has 0 radical (unpaired) electrons. The van der Waals surface area contributed by atoms with Crippen LogP contribution in [0.25, 0.3) is 32.9 Å². The van der Waals surface area contributed by atoms with Crippen molar-refractivity contribution in [3.8, 4) is 41.3 Å². The van der Waals surface area contributed by atoms with Crippen LogP contribution < -0.4 is 10.1 Å². The van der Waals surface area contributed by atoms with Crippen molar-refractivity contribution in [2.45, 2.75) is 49.9 Å². The monoisotopic (exact) mass is 677 g/mol. The zero-order valence-corrected chi connectivity index (χ0v) is 27.8. The van der Waals surface area contributed by atoms with E-state index in [4.69, 9.17) is 20.9 Å². The Morgan fingerprint density at radius 1 is 1.14 bits per heavy atom. The van der Waals surface area contributed by atoms with Gasteiger partial charge in [-0.2, -0.15) is 5.26 Å². The number of aromatic nitrogens is 3. The van der Waals surface area contributed by atoms with Crippen molar-refractivity contribution in [3.05, 3.63) is 53.5 Å². The number of nitrogens with zero attached hydrogens (tertiary/aromatic N) is 6. The number of halogens is 2. The van der Waals surface area contributed by atoms with E-state index < -0.39 is 23.4 Å². The van der Waals surface area contributed by atoms with Crippen LogP contribution in [0.5, 0.6) is 11.6 Å². The number of pyridine rings is 1. The summed E-state index contributed by atoms with van der Waals surface area (Å²) in [5.41, 5.74) is -0.615. The quantitative estimate of drug-likeness (QED) is 0.191. The molecule has 5 aliphatic rings. The molecule has 3 aliphatic heterocycles. The maximum absolute atomic E-state index is 17.0. The predicted molar refractivity (Wildman–Crippen MR) is 181 cm³/mol. The lowest BCUT2D eigenvalue weighted by molar-refractivity contribution is -0.120. The number of ether oxygens (including phenoxy) is 2. The van der Waals surface area contributed by atoms with E-state index in [1.807, 2.05) is 0 Å². The summed E-state index contributed by atoms with van der Waals surface area (Å²) in [5.74, 6) is 2.53. The zero-order chi connectivity index (χ0) is 34.4. The second kappa shape index (κ2) is 11.5. The van der Waals surface area contributed by atoms with Crippen molar-refractivity contribution >= 4 is 21.7 Å². The highest BCUT2D eigenvalue weighted by molar-refractivity contribution is 6.03. The van der Waals surface area contributed by atoms with Crippen LogP contribution in [0.3, 0.4) is 0 Å². The molecule has 256 valence electrons. The Hall–Kier alpha value is -4.46. The minimum absolute atomic E-state index is 0.0459. The number of likely N-dealkylation sites (tertiary alicyclic amines) is 1. The van der Waals surface area contributed by atoms with Gasteiger partial charge in [0.25, 0.3) is 0 Å². The van der Waals surface area contributed by atoms with Crippen LogP contribution in [0, 0.1) is 52.6 Å². The fourth-order valence-electron chi connectivity index (χ4n) is 9.20. The zero-order valence-electron chi connectivity index (χ0n) is 27.8. The van der Waals surface area contributed by atoms with Gasteiger partial charge in [0.15, 0.2) is 5.82 Å². The van der Waals surface area contributed by atoms with Gasteiger partial charge < -0.3 is 19.5 Å². The van der Waals surface area contributed by atoms with Crippen LogP contribution in [-0.4, -0.2) is 88.6 Å². The first-order valence-electron chi connectivity index (χ1n) is 17.3. The smallest absolute Gasteiger partial charge is 0.225 e. The van der Waals surface area contributed by atoms with Gasteiger partial charge >= 0.3 is 0 Å². The highest BCUT2D eigenvalue weighted by Gasteiger charge is 2.59. The molecular formula is C38H37F2N7O3. The number of phenolic OH excluding ortho intramolecular Hbond substituents is 1. The molecule has 2 aromatic carbocycles. The molecule has 9 rings (SSSR count). The van der Waals surface area contributed by atoms with E-state index in [9.17, 15) is 14.8 Å². The number of benzene rings is 2. The fourth-order valence-corrected chi connectivity index (χ4v) is 9.20. The summed E-state index contributed by atoms with van der Waals surface area (Å²) in [4.78, 5) is 18.6.